The lowest BCUT2D eigenvalue weighted by Gasteiger charge is -2.50. The molecule has 1 saturated heterocycles. The average molecular weight is 648 g/mol. The first kappa shape index (κ1) is 32.6. The van der Waals surface area contributed by atoms with Crippen molar-refractivity contribution in [2.24, 2.45) is 0 Å². The normalized spacial score (nSPS) is 19.1. The maximum atomic E-state index is 14.3. The molecule has 0 spiro atoms. The highest BCUT2D eigenvalue weighted by Gasteiger charge is 2.63. The molecule has 0 aliphatic carbocycles. The number of methoxy groups -OCH3 is 2. The van der Waals surface area contributed by atoms with E-state index in [-0.39, 0.29) is 24.6 Å². The van der Waals surface area contributed by atoms with Gasteiger partial charge in [0.2, 0.25) is 5.91 Å². The van der Waals surface area contributed by atoms with Crippen LogP contribution >= 0.6 is 0 Å². The van der Waals surface area contributed by atoms with Gasteiger partial charge in [0, 0.05) is 12.6 Å². The molecule has 1 aromatic heterocycles. The Kier molecular flexibility index (Phi) is 9.40. The molecular formula is C38H37N3O7. The van der Waals surface area contributed by atoms with Crippen LogP contribution in [0.3, 0.4) is 0 Å². The zero-order valence-corrected chi connectivity index (χ0v) is 26.7. The average Bonchev–Trinajstić information content (AvgIpc) is 3.46. The number of rotatable bonds is 11. The van der Waals surface area contributed by atoms with Gasteiger partial charge < -0.3 is 29.7 Å². The predicted octanol–water partition coefficient (Wildman–Crippen LogP) is 4.27. The van der Waals surface area contributed by atoms with Crippen LogP contribution in [0.2, 0.25) is 0 Å². The number of amides is 1. The van der Waals surface area contributed by atoms with E-state index in [4.69, 9.17) is 14.2 Å². The summed E-state index contributed by atoms with van der Waals surface area (Å²) in [5.74, 6) is 0.992. The Bertz CT molecular complexity index is 1850. The van der Waals surface area contributed by atoms with Gasteiger partial charge in [0.25, 0.3) is 0 Å². The monoisotopic (exact) mass is 647 g/mol. The molecule has 1 aliphatic rings. The highest BCUT2D eigenvalue weighted by molar-refractivity contribution is 5.91. The summed E-state index contributed by atoms with van der Waals surface area (Å²) in [6.07, 6.45) is -0.639. The van der Waals surface area contributed by atoms with Crippen molar-refractivity contribution in [2.75, 3.05) is 26.1 Å². The second-order valence-corrected chi connectivity index (χ2v) is 11.6. The molecule has 1 aliphatic heterocycles. The molecule has 5 aromatic rings. The number of nitrogens with one attached hydrogen (secondary N) is 1. The molecule has 0 saturated carbocycles. The highest BCUT2D eigenvalue weighted by Crippen LogP contribution is 2.57. The lowest BCUT2D eigenvalue weighted by molar-refractivity contribution is -0.147. The van der Waals surface area contributed by atoms with Gasteiger partial charge in [-0.05, 0) is 52.6 Å². The van der Waals surface area contributed by atoms with Crippen molar-refractivity contribution in [3.63, 3.8) is 0 Å². The van der Waals surface area contributed by atoms with Gasteiger partial charge in [-0.2, -0.15) is 4.98 Å². The Hall–Kier alpha value is -5.29. The smallest absolute Gasteiger partial charge is 0.351 e. The third-order valence-electron chi connectivity index (χ3n) is 8.95. The Balaban J connectivity index is 1.59. The molecule has 246 valence electrons. The molecule has 2 heterocycles. The van der Waals surface area contributed by atoms with Gasteiger partial charge in [-0.1, -0.05) is 84.9 Å². The molecule has 4 aromatic carbocycles. The van der Waals surface area contributed by atoms with Crippen molar-refractivity contribution in [1.29, 1.82) is 0 Å². The van der Waals surface area contributed by atoms with Crippen LogP contribution in [0.1, 0.15) is 28.7 Å². The molecule has 3 atom stereocenters. The Morgan fingerprint density at radius 2 is 1.42 bits per heavy atom. The van der Waals surface area contributed by atoms with Crippen LogP contribution in [-0.4, -0.2) is 58.7 Å². The molecule has 10 heteroatoms. The number of anilines is 1. The second-order valence-electron chi connectivity index (χ2n) is 11.6. The summed E-state index contributed by atoms with van der Waals surface area (Å²) in [7, 11) is 3.16. The van der Waals surface area contributed by atoms with Crippen LogP contribution in [-0.2, 0) is 27.1 Å². The van der Waals surface area contributed by atoms with Crippen LogP contribution in [0.4, 0.5) is 5.82 Å². The predicted molar refractivity (Wildman–Crippen MR) is 180 cm³/mol. The summed E-state index contributed by atoms with van der Waals surface area (Å²) in [5.41, 5.74) is -0.714. The molecule has 1 amide bonds. The number of carbonyl (C=O) groups excluding carboxylic acids is 1. The van der Waals surface area contributed by atoms with E-state index >= 15 is 0 Å². The fourth-order valence-corrected chi connectivity index (χ4v) is 6.79. The van der Waals surface area contributed by atoms with Crippen LogP contribution in [0.25, 0.3) is 0 Å². The van der Waals surface area contributed by atoms with Gasteiger partial charge in [-0.3, -0.25) is 9.36 Å². The minimum atomic E-state index is -1.68. The lowest BCUT2D eigenvalue weighted by atomic mass is 9.61. The Morgan fingerprint density at radius 3 is 1.92 bits per heavy atom. The number of carbonyl (C=O) groups is 1. The first-order valence-electron chi connectivity index (χ1n) is 15.6. The van der Waals surface area contributed by atoms with Gasteiger partial charge in [0.05, 0.1) is 38.8 Å². The highest BCUT2D eigenvalue weighted by atomic mass is 16.6. The number of aliphatic hydroxyl groups is 2. The van der Waals surface area contributed by atoms with E-state index in [1.54, 1.807) is 14.2 Å². The van der Waals surface area contributed by atoms with Crippen molar-refractivity contribution in [1.82, 2.24) is 9.55 Å². The minimum Gasteiger partial charge on any atom is -0.497 e. The largest absolute Gasteiger partial charge is 0.497 e. The molecule has 10 nitrogen and oxygen atoms in total. The van der Waals surface area contributed by atoms with Gasteiger partial charge in [0.1, 0.15) is 23.4 Å². The van der Waals surface area contributed by atoms with Gasteiger partial charge in [-0.25, -0.2) is 4.79 Å². The molecule has 0 radical (unpaired) electrons. The number of nitrogens with zero attached hydrogens (tertiary/aromatic N) is 2. The topological polar surface area (TPSA) is 132 Å². The van der Waals surface area contributed by atoms with Crippen LogP contribution in [0, 0.1) is 0 Å². The summed E-state index contributed by atoms with van der Waals surface area (Å²) in [6, 6.07) is 35.2. The quantitative estimate of drug-likeness (QED) is 0.181. The maximum absolute atomic E-state index is 14.3. The fourth-order valence-electron chi connectivity index (χ4n) is 6.79. The fraction of sp³-hybridized carbons (Fsp3) is 0.237. The molecule has 1 fully saturated rings. The number of hydrogen-bond acceptors (Lipinski definition) is 8. The van der Waals surface area contributed by atoms with Crippen LogP contribution in [0.15, 0.2) is 126 Å². The van der Waals surface area contributed by atoms with E-state index < -0.39 is 35.6 Å². The van der Waals surface area contributed by atoms with E-state index in [9.17, 15) is 19.8 Å². The van der Waals surface area contributed by atoms with E-state index in [0.717, 1.165) is 22.3 Å². The van der Waals surface area contributed by atoms with Crippen molar-refractivity contribution < 1.29 is 29.2 Å². The summed E-state index contributed by atoms with van der Waals surface area (Å²) >= 11 is 0. The summed E-state index contributed by atoms with van der Waals surface area (Å²) in [4.78, 5) is 31.4. The summed E-state index contributed by atoms with van der Waals surface area (Å²) < 4.78 is 19.1. The standard InChI is InChI=1S/C38H37N3O7/c1-46-30-17-13-28(14-18-30)38(27-11-7-4-8-12-27,29-15-19-31(47-2)20-16-29)37(24-32(43)33(25-42)48-37)41-22-21-34(40-36(41)45)39-35(44)23-26-9-5-3-6-10-26/h3-22,32-33,42-43H,23-25H2,1-2H3,(H,39,40,44,45)/t32-,33+,37-/m0/s1. The van der Waals surface area contributed by atoms with E-state index in [2.05, 4.69) is 10.3 Å². The van der Waals surface area contributed by atoms with Gasteiger partial charge in [-0.15, -0.1) is 0 Å². The zero-order valence-electron chi connectivity index (χ0n) is 26.7. The van der Waals surface area contributed by atoms with Crippen molar-refractivity contribution in [3.8, 4) is 11.5 Å². The summed E-state index contributed by atoms with van der Waals surface area (Å²) in [5, 5.41) is 24.6. The van der Waals surface area contributed by atoms with Crippen molar-refractivity contribution >= 4 is 11.7 Å². The van der Waals surface area contributed by atoms with Crippen LogP contribution < -0.4 is 20.5 Å². The third-order valence-corrected chi connectivity index (χ3v) is 8.95. The van der Waals surface area contributed by atoms with E-state index in [0.29, 0.717) is 11.5 Å². The van der Waals surface area contributed by atoms with E-state index in [1.807, 2.05) is 109 Å². The van der Waals surface area contributed by atoms with Crippen molar-refractivity contribution in [2.45, 2.75) is 36.2 Å². The van der Waals surface area contributed by atoms with E-state index in [1.165, 1.54) is 16.8 Å². The number of benzene rings is 4. The third kappa shape index (κ3) is 5.85. The summed E-state index contributed by atoms with van der Waals surface area (Å²) in [6.45, 7) is -0.491. The SMILES string of the molecule is COc1ccc(C(c2ccccc2)(c2ccc(OC)cc2)[C@]2(n3ccc(NC(=O)Cc4ccccc4)nc3=O)C[C@H](O)[C@@H](CO)O2)cc1. The van der Waals surface area contributed by atoms with Gasteiger partial charge >= 0.3 is 5.69 Å². The lowest BCUT2D eigenvalue weighted by Crippen LogP contribution is -2.58. The van der Waals surface area contributed by atoms with Crippen molar-refractivity contribution in [3.05, 3.63) is 154 Å². The molecule has 0 unspecified atom stereocenters. The molecule has 6 rings (SSSR count). The van der Waals surface area contributed by atoms with Gasteiger partial charge in [0.15, 0.2) is 5.72 Å². The minimum absolute atomic E-state index is 0.0730. The maximum Gasteiger partial charge on any atom is 0.351 e. The molecule has 0 bridgehead atoms. The zero-order chi connectivity index (χ0) is 33.7. The van der Waals surface area contributed by atoms with Crippen LogP contribution in [0.5, 0.6) is 11.5 Å². The first-order chi connectivity index (χ1) is 23.3. The number of aromatic nitrogens is 2. The Labute approximate surface area is 278 Å². The molecular weight excluding hydrogens is 610 g/mol. The first-order valence-corrected chi connectivity index (χ1v) is 15.6. The number of aliphatic hydroxyl groups excluding tert-OH is 2. The Morgan fingerprint density at radius 1 is 0.875 bits per heavy atom. The molecule has 3 N–H and O–H groups in total. The number of hydrogen-bond donors (Lipinski definition) is 3. The number of ether oxygens (including phenoxy) is 3. The molecule has 48 heavy (non-hydrogen) atoms. The second kappa shape index (κ2) is 13.8.